The fraction of sp³-hybridized carbons (Fsp3) is 0.250. The Kier molecular flexibility index (Phi) is 3.34. The molecule has 0 radical (unpaired) electrons. The van der Waals surface area contributed by atoms with Gasteiger partial charge in [0.15, 0.2) is 0 Å². The van der Waals surface area contributed by atoms with E-state index in [0.29, 0.717) is 17.6 Å². The molecule has 0 aromatic carbocycles. The Balaban J connectivity index is 2.77. The van der Waals surface area contributed by atoms with Crippen LogP contribution in [0.2, 0.25) is 5.15 Å². The van der Waals surface area contributed by atoms with Gasteiger partial charge in [0.05, 0.1) is 11.1 Å². The first-order valence-corrected chi connectivity index (χ1v) is 5.86. The van der Waals surface area contributed by atoms with E-state index >= 15 is 0 Å². The lowest BCUT2D eigenvalue weighted by molar-refractivity contribution is 0.0696. The van der Waals surface area contributed by atoms with Gasteiger partial charge in [-0.05, 0) is 18.6 Å². The molecule has 94 valence electrons. The van der Waals surface area contributed by atoms with Crippen LogP contribution < -0.4 is 5.56 Å². The number of carboxylic acids is 1. The number of halogens is 1. The number of hydrogen-bond acceptors (Lipinski definition) is 3. The van der Waals surface area contributed by atoms with Crippen LogP contribution in [0.25, 0.3) is 5.65 Å². The topological polar surface area (TPSA) is 71.7 Å². The Morgan fingerprint density at radius 3 is 2.83 bits per heavy atom. The van der Waals surface area contributed by atoms with Crippen molar-refractivity contribution in [3.63, 3.8) is 0 Å². The summed E-state index contributed by atoms with van der Waals surface area (Å²) in [5, 5.41) is 9.09. The standard InChI is InChI=1S/C12H11ClN2O3/c1-2-3-8-10(13)14-9-5-4-7(12(17)18)6-15(9)11(8)16/h4-6H,2-3H2,1H3,(H,17,18). The SMILES string of the molecule is CCCc1c(Cl)nc2ccc(C(=O)O)cn2c1=O. The summed E-state index contributed by atoms with van der Waals surface area (Å²) in [7, 11) is 0. The maximum atomic E-state index is 12.2. The molecular formula is C12H11ClN2O3. The highest BCUT2D eigenvalue weighted by molar-refractivity contribution is 6.30. The van der Waals surface area contributed by atoms with Crippen LogP contribution in [0.4, 0.5) is 0 Å². The summed E-state index contributed by atoms with van der Waals surface area (Å²) in [4.78, 5) is 27.1. The van der Waals surface area contributed by atoms with Crippen LogP contribution >= 0.6 is 11.6 Å². The van der Waals surface area contributed by atoms with Crippen LogP contribution in [0.1, 0.15) is 29.3 Å². The molecule has 0 saturated heterocycles. The van der Waals surface area contributed by atoms with E-state index < -0.39 is 5.97 Å². The van der Waals surface area contributed by atoms with E-state index in [4.69, 9.17) is 16.7 Å². The number of carbonyl (C=O) groups is 1. The second kappa shape index (κ2) is 4.78. The summed E-state index contributed by atoms with van der Waals surface area (Å²) in [5.74, 6) is -1.09. The maximum Gasteiger partial charge on any atom is 0.337 e. The van der Waals surface area contributed by atoms with Gasteiger partial charge in [-0.2, -0.15) is 0 Å². The van der Waals surface area contributed by atoms with Gasteiger partial charge in [0.25, 0.3) is 5.56 Å². The Hall–Kier alpha value is -1.88. The van der Waals surface area contributed by atoms with Gasteiger partial charge in [-0.15, -0.1) is 0 Å². The number of aromatic nitrogens is 2. The molecule has 18 heavy (non-hydrogen) atoms. The van der Waals surface area contributed by atoms with Gasteiger partial charge in [-0.25, -0.2) is 9.78 Å². The first-order chi connectivity index (χ1) is 8.54. The van der Waals surface area contributed by atoms with Crippen molar-refractivity contribution in [2.75, 3.05) is 0 Å². The molecule has 2 aromatic rings. The number of nitrogens with zero attached hydrogens (tertiary/aromatic N) is 2. The van der Waals surface area contributed by atoms with Crippen molar-refractivity contribution in [2.24, 2.45) is 0 Å². The van der Waals surface area contributed by atoms with Crippen LogP contribution in [-0.4, -0.2) is 20.5 Å². The van der Waals surface area contributed by atoms with Crippen LogP contribution in [0.15, 0.2) is 23.1 Å². The summed E-state index contributed by atoms with van der Waals surface area (Å²) in [6.07, 6.45) is 2.55. The highest BCUT2D eigenvalue weighted by atomic mass is 35.5. The Labute approximate surface area is 108 Å². The monoisotopic (exact) mass is 266 g/mol. The molecule has 6 heteroatoms. The lowest BCUT2D eigenvalue weighted by atomic mass is 10.2. The molecule has 0 bridgehead atoms. The van der Waals surface area contributed by atoms with E-state index in [9.17, 15) is 9.59 Å². The first kappa shape index (κ1) is 12.6. The van der Waals surface area contributed by atoms with Gasteiger partial charge in [0.2, 0.25) is 0 Å². The quantitative estimate of drug-likeness (QED) is 0.863. The number of hydrogen-bond donors (Lipinski definition) is 1. The Morgan fingerprint density at radius 2 is 2.22 bits per heavy atom. The van der Waals surface area contributed by atoms with Gasteiger partial charge < -0.3 is 5.11 Å². The normalized spacial score (nSPS) is 10.8. The van der Waals surface area contributed by atoms with Crippen molar-refractivity contribution in [1.82, 2.24) is 9.38 Å². The van der Waals surface area contributed by atoms with Crippen LogP contribution in [0.5, 0.6) is 0 Å². The summed E-state index contributed by atoms with van der Waals surface area (Å²) in [6.45, 7) is 1.93. The Bertz CT molecular complexity index is 679. The average Bonchev–Trinajstić information content (AvgIpc) is 2.34. The van der Waals surface area contributed by atoms with Crippen molar-refractivity contribution in [3.05, 3.63) is 45.0 Å². The zero-order valence-electron chi connectivity index (χ0n) is 9.68. The molecule has 2 rings (SSSR count). The van der Waals surface area contributed by atoms with Crippen molar-refractivity contribution in [2.45, 2.75) is 19.8 Å². The predicted molar refractivity (Wildman–Crippen MR) is 67.4 cm³/mol. The van der Waals surface area contributed by atoms with E-state index in [1.54, 1.807) is 0 Å². The number of pyridine rings is 1. The summed E-state index contributed by atoms with van der Waals surface area (Å²) in [6, 6.07) is 2.85. The molecule has 0 atom stereocenters. The minimum absolute atomic E-state index is 0.0381. The van der Waals surface area contributed by atoms with Gasteiger partial charge in [0.1, 0.15) is 10.8 Å². The fourth-order valence-electron chi connectivity index (χ4n) is 1.73. The summed E-state index contributed by atoms with van der Waals surface area (Å²) < 4.78 is 1.22. The second-order valence-corrected chi connectivity index (χ2v) is 4.25. The third-order valence-corrected chi connectivity index (χ3v) is 2.93. The molecule has 0 spiro atoms. The zero-order valence-corrected chi connectivity index (χ0v) is 10.4. The number of carboxylic acid groups (broad SMARTS) is 1. The third kappa shape index (κ3) is 2.09. The minimum atomic E-state index is -1.09. The smallest absolute Gasteiger partial charge is 0.337 e. The van der Waals surface area contributed by atoms with Gasteiger partial charge in [-0.1, -0.05) is 24.9 Å². The fourth-order valence-corrected chi connectivity index (χ4v) is 2.00. The average molecular weight is 267 g/mol. The molecule has 0 amide bonds. The molecule has 0 aliphatic rings. The second-order valence-electron chi connectivity index (χ2n) is 3.89. The van der Waals surface area contributed by atoms with Gasteiger partial charge in [0, 0.05) is 6.20 Å². The van der Waals surface area contributed by atoms with Crippen LogP contribution in [0, 0.1) is 0 Å². The molecule has 0 unspecified atom stereocenters. The molecule has 0 fully saturated rings. The Morgan fingerprint density at radius 1 is 1.50 bits per heavy atom. The summed E-state index contributed by atoms with van der Waals surface area (Å²) in [5.41, 5.74) is 0.486. The summed E-state index contributed by atoms with van der Waals surface area (Å²) >= 11 is 5.95. The lowest BCUT2D eigenvalue weighted by Crippen LogP contribution is -2.21. The maximum absolute atomic E-state index is 12.2. The molecule has 2 heterocycles. The van der Waals surface area contributed by atoms with Crippen molar-refractivity contribution in [1.29, 1.82) is 0 Å². The lowest BCUT2D eigenvalue weighted by Gasteiger charge is -2.06. The van der Waals surface area contributed by atoms with E-state index in [2.05, 4.69) is 4.98 Å². The first-order valence-electron chi connectivity index (χ1n) is 5.48. The number of rotatable bonds is 3. The largest absolute Gasteiger partial charge is 0.478 e. The van der Waals surface area contributed by atoms with Crippen molar-refractivity contribution in [3.8, 4) is 0 Å². The molecule has 0 aliphatic carbocycles. The minimum Gasteiger partial charge on any atom is -0.478 e. The van der Waals surface area contributed by atoms with Crippen molar-refractivity contribution >= 4 is 23.2 Å². The molecule has 2 aromatic heterocycles. The van der Waals surface area contributed by atoms with Gasteiger partial charge >= 0.3 is 5.97 Å². The number of aromatic carboxylic acids is 1. The van der Waals surface area contributed by atoms with Crippen molar-refractivity contribution < 1.29 is 9.90 Å². The highest BCUT2D eigenvalue weighted by Crippen LogP contribution is 2.13. The highest BCUT2D eigenvalue weighted by Gasteiger charge is 2.12. The van der Waals surface area contributed by atoms with Gasteiger partial charge in [-0.3, -0.25) is 9.20 Å². The molecule has 5 nitrogen and oxygen atoms in total. The molecule has 0 saturated carbocycles. The van der Waals surface area contributed by atoms with E-state index in [1.165, 1.54) is 22.7 Å². The third-order valence-electron chi connectivity index (χ3n) is 2.61. The number of fused-ring (bicyclic) bond motifs is 1. The van der Waals surface area contributed by atoms with E-state index in [-0.39, 0.29) is 16.3 Å². The molecular weight excluding hydrogens is 256 g/mol. The van der Waals surface area contributed by atoms with E-state index in [1.807, 2.05) is 6.92 Å². The predicted octanol–water partition coefficient (Wildman–Crippen LogP) is 2.00. The van der Waals surface area contributed by atoms with Crippen LogP contribution in [0.3, 0.4) is 0 Å². The molecule has 0 aliphatic heterocycles. The molecule has 1 N–H and O–H groups in total. The van der Waals surface area contributed by atoms with Crippen LogP contribution in [-0.2, 0) is 6.42 Å². The van der Waals surface area contributed by atoms with E-state index in [0.717, 1.165) is 6.42 Å². The zero-order chi connectivity index (χ0) is 13.3.